The zero-order valence-electron chi connectivity index (χ0n) is 8.07. The van der Waals surface area contributed by atoms with Crippen molar-refractivity contribution < 1.29 is 29.9 Å². The highest BCUT2D eigenvalue weighted by Crippen LogP contribution is 2.24. The van der Waals surface area contributed by atoms with Crippen molar-refractivity contribution in [3.05, 3.63) is 0 Å². The van der Waals surface area contributed by atoms with E-state index in [1.165, 1.54) is 14.2 Å². The summed E-state index contributed by atoms with van der Waals surface area (Å²) in [5, 5.41) is 38.0. The van der Waals surface area contributed by atoms with E-state index in [1.54, 1.807) is 0 Å². The molecule has 4 N–H and O–H groups in total. The molecule has 0 radical (unpaired) electrons. The SMILES string of the molecule is COC1[C@@H](O)[C@H](O)C(OC)[C@H](O)[C@H]1O. The van der Waals surface area contributed by atoms with Crippen LogP contribution in [0.25, 0.3) is 0 Å². The molecule has 1 saturated carbocycles. The Morgan fingerprint density at radius 3 is 1.00 bits per heavy atom. The Bertz CT molecular complexity index is 151. The predicted octanol–water partition coefficient (Wildman–Crippen LogP) is -2.53. The summed E-state index contributed by atoms with van der Waals surface area (Å²) in [5.41, 5.74) is 0. The van der Waals surface area contributed by atoms with Gasteiger partial charge >= 0.3 is 0 Å². The molecule has 6 heteroatoms. The van der Waals surface area contributed by atoms with E-state index < -0.39 is 36.6 Å². The fourth-order valence-corrected chi connectivity index (χ4v) is 1.74. The van der Waals surface area contributed by atoms with E-state index in [1.807, 2.05) is 0 Å². The second-order valence-corrected chi connectivity index (χ2v) is 3.36. The number of aliphatic hydroxyl groups excluding tert-OH is 4. The Morgan fingerprint density at radius 1 is 0.643 bits per heavy atom. The van der Waals surface area contributed by atoms with Crippen LogP contribution in [0, 0.1) is 0 Å². The Labute approximate surface area is 81.7 Å². The van der Waals surface area contributed by atoms with Gasteiger partial charge < -0.3 is 29.9 Å². The number of hydrogen-bond acceptors (Lipinski definition) is 6. The molecule has 1 aliphatic rings. The normalized spacial score (nSPS) is 49.3. The Balaban J connectivity index is 2.81. The Morgan fingerprint density at radius 2 is 0.857 bits per heavy atom. The Hall–Kier alpha value is -0.240. The Kier molecular flexibility index (Phi) is 3.82. The van der Waals surface area contributed by atoms with E-state index in [9.17, 15) is 20.4 Å². The lowest BCUT2D eigenvalue weighted by atomic mass is 9.85. The summed E-state index contributed by atoms with van der Waals surface area (Å²) in [6.07, 6.45) is -7.11. The molecule has 0 saturated heterocycles. The molecule has 0 aromatic carbocycles. The molecular weight excluding hydrogens is 192 g/mol. The zero-order chi connectivity index (χ0) is 10.9. The van der Waals surface area contributed by atoms with Gasteiger partial charge in [-0.1, -0.05) is 0 Å². The van der Waals surface area contributed by atoms with Crippen molar-refractivity contribution in [2.24, 2.45) is 0 Å². The molecule has 1 fully saturated rings. The third-order valence-electron chi connectivity index (χ3n) is 2.59. The third kappa shape index (κ3) is 1.77. The van der Waals surface area contributed by atoms with Gasteiger partial charge in [-0.2, -0.15) is 0 Å². The molecule has 0 aromatic rings. The largest absolute Gasteiger partial charge is 0.387 e. The first kappa shape index (κ1) is 11.8. The molecular formula is C8H16O6. The molecule has 0 aromatic heterocycles. The number of hydrogen-bond donors (Lipinski definition) is 4. The minimum atomic E-state index is -1.27. The van der Waals surface area contributed by atoms with E-state index >= 15 is 0 Å². The second kappa shape index (κ2) is 4.52. The zero-order valence-corrected chi connectivity index (χ0v) is 8.07. The standard InChI is InChI=1S/C8H16O6/c1-13-7-3(9)5(11)8(14-2)6(12)4(7)10/h3-12H,1-2H3/t3-,4+,5-,6+,7?,8?. The third-order valence-corrected chi connectivity index (χ3v) is 2.59. The van der Waals surface area contributed by atoms with Crippen LogP contribution in [-0.4, -0.2) is 71.3 Å². The molecule has 0 heterocycles. The van der Waals surface area contributed by atoms with Crippen LogP contribution in [0.4, 0.5) is 0 Å². The van der Waals surface area contributed by atoms with Gasteiger partial charge in [0.2, 0.25) is 0 Å². The van der Waals surface area contributed by atoms with Crippen molar-refractivity contribution in [3.8, 4) is 0 Å². The molecule has 0 aliphatic heterocycles. The number of methoxy groups -OCH3 is 2. The first-order valence-corrected chi connectivity index (χ1v) is 4.32. The van der Waals surface area contributed by atoms with Crippen LogP contribution in [-0.2, 0) is 9.47 Å². The molecule has 0 bridgehead atoms. The van der Waals surface area contributed by atoms with Crippen LogP contribution in [0.2, 0.25) is 0 Å². The minimum absolute atomic E-state index is 1.01. The monoisotopic (exact) mass is 208 g/mol. The fraction of sp³-hybridized carbons (Fsp3) is 1.00. The highest BCUT2D eigenvalue weighted by atomic mass is 16.5. The number of ether oxygens (including phenoxy) is 2. The maximum Gasteiger partial charge on any atom is 0.114 e. The molecule has 6 atom stereocenters. The lowest BCUT2D eigenvalue weighted by Gasteiger charge is -2.42. The fourth-order valence-electron chi connectivity index (χ4n) is 1.74. The van der Waals surface area contributed by atoms with Crippen LogP contribution in [0.1, 0.15) is 0 Å². The first-order chi connectivity index (χ1) is 6.54. The minimum Gasteiger partial charge on any atom is -0.387 e. The van der Waals surface area contributed by atoms with Crippen LogP contribution < -0.4 is 0 Å². The van der Waals surface area contributed by atoms with Gasteiger partial charge in [0, 0.05) is 14.2 Å². The van der Waals surface area contributed by atoms with E-state index in [0.717, 1.165) is 0 Å². The van der Waals surface area contributed by atoms with Gasteiger partial charge in [0.15, 0.2) is 0 Å². The molecule has 0 spiro atoms. The molecule has 2 unspecified atom stereocenters. The van der Waals surface area contributed by atoms with Crippen molar-refractivity contribution >= 4 is 0 Å². The summed E-state index contributed by atoms with van der Waals surface area (Å²) in [5.74, 6) is 0. The van der Waals surface area contributed by atoms with Gasteiger partial charge in [0.05, 0.1) is 0 Å². The van der Waals surface area contributed by atoms with Crippen molar-refractivity contribution in [1.82, 2.24) is 0 Å². The lowest BCUT2D eigenvalue weighted by Crippen LogP contribution is -2.64. The summed E-state index contributed by atoms with van der Waals surface area (Å²) in [7, 11) is 2.56. The van der Waals surface area contributed by atoms with Crippen LogP contribution in [0.15, 0.2) is 0 Å². The van der Waals surface area contributed by atoms with Crippen molar-refractivity contribution in [1.29, 1.82) is 0 Å². The van der Waals surface area contributed by atoms with Gasteiger partial charge in [0.25, 0.3) is 0 Å². The summed E-state index contributed by atoms with van der Waals surface area (Å²) in [6, 6.07) is 0. The molecule has 84 valence electrons. The summed E-state index contributed by atoms with van der Waals surface area (Å²) in [6.45, 7) is 0. The summed E-state index contributed by atoms with van der Waals surface area (Å²) >= 11 is 0. The van der Waals surface area contributed by atoms with E-state index in [2.05, 4.69) is 0 Å². The van der Waals surface area contributed by atoms with E-state index in [4.69, 9.17) is 9.47 Å². The van der Waals surface area contributed by atoms with Crippen LogP contribution in [0.5, 0.6) is 0 Å². The average Bonchev–Trinajstić information content (AvgIpc) is 2.17. The molecule has 1 aliphatic carbocycles. The molecule has 6 nitrogen and oxygen atoms in total. The number of rotatable bonds is 2. The van der Waals surface area contributed by atoms with Crippen LogP contribution >= 0.6 is 0 Å². The van der Waals surface area contributed by atoms with Crippen molar-refractivity contribution in [2.45, 2.75) is 36.6 Å². The van der Waals surface area contributed by atoms with Gasteiger partial charge in [-0.05, 0) is 0 Å². The predicted molar refractivity (Wildman–Crippen MR) is 45.6 cm³/mol. The quantitative estimate of drug-likeness (QED) is 0.399. The maximum absolute atomic E-state index is 9.50. The topological polar surface area (TPSA) is 99.4 Å². The highest BCUT2D eigenvalue weighted by molar-refractivity contribution is 4.99. The van der Waals surface area contributed by atoms with Gasteiger partial charge in [-0.25, -0.2) is 0 Å². The first-order valence-electron chi connectivity index (χ1n) is 4.32. The van der Waals surface area contributed by atoms with E-state index in [-0.39, 0.29) is 0 Å². The summed E-state index contributed by atoms with van der Waals surface area (Å²) in [4.78, 5) is 0. The van der Waals surface area contributed by atoms with Crippen molar-refractivity contribution in [2.75, 3.05) is 14.2 Å². The van der Waals surface area contributed by atoms with Gasteiger partial charge in [0.1, 0.15) is 36.6 Å². The molecule has 14 heavy (non-hydrogen) atoms. The lowest BCUT2D eigenvalue weighted by molar-refractivity contribution is -0.235. The highest BCUT2D eigenvalue weighted by Gasteiger charge is 2.49. The van der Waals surface area contributed by atoms with Crippen molar-refractivity contribution in [3.63, 3.8) is 0 Å². The maximum atomic E-state index is 9.50. The summed E-state index contributed by atoms with van der Waals surface area (Å²) < 4.78 is 9.55. The number of aliphatic hydroxyl groups is 4. The second-order valence-electron chi connectivity index (χ2n) is 3.36. The molecule has 1 rings (SSSR count). The average molecular weight is 208 g/mol. The molecule has 0 amide bonds. The van der Waals surface area contributed by atoms with Gasteiger partial charge in [-0.15, -0.1) is 0 Å². The van der Waals surface area contributed by atoms with Crippen LogP contribution in [0.3, 0.4) is 0 Å². The van der Waals surface area contributed by atoms with E-state index in [0.29, 0.717) is 0 Å². The smallest absolute Gasteiger partial charge is 0.114 e. The van der Waals surface area contributed by atoms with Gasteiger partial charge in [-0.3, -0.25) is 0 Å².